The van der Waals surface area contributed by atoms with Gasteiger partial charge in [0.1, 0.15) is 0 Å². The van der Waals surface area contributed by atoms with Crippen molar-refractivity contribution in [3.8, 4) is 0 Å². The maximum absolute atomic E-state index is 8.89. The quantitative estimate of drug-likeness (QED) is 0.603. The van der Waals surface area contributed by atoms with Gasteiger partial charge in [-0.3, -0.25) is 4.98 Å². The number of carbonyl (C=O) groups excluding carboxylic acids is 1. The first-order valence-electron chi connectivity index (χ1n) is 5.83. The first kappa shape index (κ1) is 22.7. The van der Waals surface area contributed by atoms with Crippen LogP contribution in [-0.4, -0.2) is 35.5 Å². The fourth-order valence-electron chi connectivity index (χ4n) is 0.983. The van der Waals surface area contributed by atoms with E-state index in [-0.39, 0.29) is 29.6 Å². The maximum atomic E-state index is 8.89. The number of carboxylic acids is 1. The van der Waals surface area contributed by atoms with Crippen LogP contribution in [-0.2, 0) is 4.79 Å². The molecule has 0 aliphatic carbocycles. The molecular weight excluding hydrogens is 239 g/mol. The Bertz CT molecular complexity index is 218. The van der Waals surface area contributed by atoms with Crippen molar-refractivity contribution in [1.82, 2.24) is 9.88 Å². The van der Waals surface area contributed by atoms with Gasteiger partial charge in [0.2, 0.25) is 0 Å². The summed E-state index contributed by atoms with van der Waals surface area (Å²) in [6.07, 6.45) is 3.50. The van der Waals surface area contributed by atoms with Crippen molar-refractivity contribution in [3.63, 3.8) is 0 Å². The molecule has 0 spiro atoms. The summed E-state index contributed by atoms with van der Waals surface area (Å²) in [6.45, 7) is 11.1. The van der Waals surface area contributed by atoms with Crippen LogP contribution in [0, 0.1) is 0 Å². The molecule has 0 amide bonds. The number of hydrogen-bond donors (Lipinski definition) is 0. The van der Waals surface area contributed by atoms with E-state index in [0.29, 0.717) is 0 Å². The Hall–Kier alpha value is -0.420. The predicted molar refractivity (Wildman–Crippen MR) is 68.4 cm³/mol. The molecule has 0 unspecified atom stereocenters. The Morgan fingerprint density at radius 2 is 1.39 bits per heavy atom. The standard InChI is InChI=1S/C6H15N.C5H5N.C2H4O2.Na/c1-4-7(5-2)6-3;1-2-4-6-5-3-1;1-2(3)4;/h4-6H2,1-3H3;1-5H;1H3,(H,3,4);/q;;;+1/p-1. The van der Waals surface area contributed by atoms with E-state index in [1.54, 1.807) is 12.4 Å². The molecular formula is C13H23N2NaO2. The second kappa shape index (κ2) is 18.9. The first-order chi connectivity index (χ1) is 8.08. The van der Waals surface area contributed by atoms with Crippen molar-refractivity contribution in [2.75, 3.05) is 19.6 Å². The van der Waals surface area contributed by atoms with Crippen molar-refractivity contribution in [2.45, 2.75) is 27.7 Å². The van der Waals surface area contributed by atoms with Crippen LogP contribution in [0.25, 0.3) is 0 Å². The van der Waals surface area contributed by atoms with Crippen molar-refractivity contribution < 1.29 is 39.5 Å². The second-order valence-electron chi connectivity index (χ2n) is 3.14. The van der Waals surface area contributed by atoms with Gasteiger partial charge in [0.15, 0.2) is 0 Å². The first-order valence-corrected chi connectivity index (χ1v) is 5.83. The molecule has 0 fully saturated rings. The fraction of sp³-hybridized carbons (Fsp3) is 0.538. The molecule has 0 bridgehead atoms. The molecule has 1 aromatic rings. The molecule has 0 saturated carbocycles. The molecule has 0 aliphatic heterocycles. The molecule has 1 heterocycles. The molecule has 98 valence electrons. The molecule has 0 N–H and O–H groups in total. The fourth-order valence-corrected chi connectivity index (χ4v) is 0.983. The van der Waals surface area contributed by atoms with Gasteiger partial charge in [0.25, 0.3) is 0 Å². The van der Waals surface area contributed by atoms with Gasteiger partial charge in [-0.2, -0.15) is 0 Å². The zero-order valence-electron chi connectivity index (χ0n) is 12.2. The van der Waals surface area contributed by atoms with Crippen LogP contribution < -0.4 is 34.7 Å². The summed E-state index contributed by atoms with van der Waals surface area (Å²) in [4.78, 5) is 15.0. The Kier molecular flexibility index (Phi) is 23.9. The topological polar surface area (TPSA) is 56.3 Å². The normalized spacial score (nSPS) is 8.06. The minimum Gasteiger partial charge on any atom is -0.550 e. The van der Waals surface area contributed by atoms with Crippen molar-refractivity contribution in [2.24, 2.45) is 0 Å². The summed E-state index contributed by atoms with van der Waals surface area (Å²) in [7, 11) is 0. The van der Waals surface area contributed by atoms with E-state index in [2.05, 4.69) is 30.7 Å². The molecule has 1 aromatic heterocycles. The van der Waals surface area contributed by atoms with E-state index >= 15 is 0 Å². The van der Waals surface area contributed by atoms with Crippen LogP contribution in [0.3, 0.4) is 0 Å². The Morgan fingerprint density at radius 3 is 1.44 bits per heavy atom. The SMILES string of the molecule is CC(=O)[O-].CCN(CC)CC.[Na+].c1ccncc1. The van der Waals surface area contributed by atoms with Crippen LogP contribution in [0.1, 0.15) is 27.7 Å². The molecule has 0 aliphatic rings. The zero-order chi connectivity index (χ0) is 13.5. The summed E-state index contributed by atoms with van der Waals surface area (Å²) in [5, 5.41) is 8.89. The Balaban J connectivity index is -0.000000189. The van der Waals surface area contributed by atoms with E-state index in [0.717, 1.165) is 6.92 Å². The van der Waals surface area contributed by atoms with E-state index in [1.165, 1.54) is 19.6 Å². The smallest absolute Gasteiger partial charge is 0.550 e. The number of hydrogen-bond acceptors (Lipinski definition) is 4. The van der Waals surface area contributed by atoms with Gasteiger partial charge in [-0.05, 0) is 38.7 Å². The third-order valence-electron chi connectivity index (χ3n) is 1.91. The van der Waals surface area contributed by atoms with Gasteiger partial charge in [-0.25, -0.2) is 0 Å². The minimum atomic E-state index is -1.08. The van der Waals surface area contributed by atoms with E-state index in [9.17, 15) is 0 Å². The largest absolute Gasteiger partial charge is 1.00 e. The van der Waals surface area contributed by atoms with Crippen molar-refractivity contribution >= 4 is 5.97 Å². The van der Waals surface area contributed by atoms with Crippen molar-refractivity contribution in [3.05, 3.63) is 30.6 Å². The second-order valence-corrected chi connectivity index (χ2v) is 3.14. The van der Waals surface area contributed by atoms with Gasteiger partial charge >= 0.3 is 29.6 Å². The molecule has 0 atom stereocenters. The number of pyridine rings is 1. The summed E-state index contributed by atoms with van der Waals surface area (Å²) in [5.74, 6) is -1.08. The summed E-state index contributed by atoms with van der Waals surface area (Å²) in [6, 6.07) is 5.72. The number of carboxylic acid groups (broad SMARTS) is 1. The predicted octanol–water partition coefficient (Wildman–Crippen LogP) is -1.81. The molecule has 0 aromatic carbocycles. The van der Waals surface area contributed by atoms with Crippen molar-refractivity contribution in [1.29, 1.82) is 0 Å². The molecule has 0 saturated heterocycles. The molecule has 1 rings (SSSR count). The summed E-state index contributed by atoms with van der Waals surface area (Å²) < 4.78 is 0. The third-order valence-corrected chi connectivity index (χ3v) is 1.91. The van der Waals surface area contributed by atoms with Crippen LogP contribution in [0.5, 0.6) is 0 Å². The Labute approximate surface area is 133 Å². The van der Waals surface area contributed by atoms with Gasteiger partial charge in [0.05, 0.1) is 0 Å². The minimum absolute atomic E-state index is 0. The summed E-state index contributed by atoms with van der Waals surface area (Å²) >= 11 is 0. The van der Waals surface area contributed by atoms with Gasteiger partial charge in [-0.15, -0.1) is 0 Å². The summed E-state index contributed by atoms with van der Waals surface area (Å²) in [5.41, 5.74) is 0. The molecule has 18 heavy (non-hydrogen) atoms. The number of nitrogens with zero attached hydrogens (tertiary/aromatic N) is 2. The average molecular weight is 262 g/mol. The zero-order valence-corrected chi connectivity index (χ0v) is 14.2. The number of carbonyl (C=O) groups is 1. The van der Waals surface area contributed by atoms with E-state index < -0.39 is 5.97 Å². The van der Waals surface area contributed by atoms with Crippen LogP contribution in [0.2, 0.25) is 0 Å². The maximum Gasteiger partial charge on any atom is 1.00 e. The van der Waals surface area contributed by atoms with Crippen LogP contribution in [0.4, 0.5) is 0 Å². The van der Waals surface area contributed by atoms with E-state index in [1.807, 2.05) is 18.2 Å². The van der Waals surface area contributed by atoms with Gasteiger partial charge < -0.3 is 14.8 Å². The number of rotatable bonds is 3. The Morgan fingerprint density at radius 1 is 1.06 bits per heavy atom. The number of aliphatic carboxylic acids is 1. The number of aromatic nitrogens is 1. The molecule has 0 radical (unpaired) electrons. The average Bonchev–Trinajstić information content (AvgIpc) is 2.34. The monoisotopic (exact) mass is 262 g/mol. The van der Waals surface area contributed by atoms with Crippen LogP contribution in [0.15, 0.2) is 30.6 Å². The molecule has 5 heteroatoms. The van der Waals surface area contributed by atoms with Crippen LogP contribution >= 0.6 is 0 Å². The third kappa shape index (κ3) is 24.7. The van der Waals surface area contributed by atoms with Gasteiger partial charge in [-0.1, -0.05) is 26.8 Å². The molecule has 4 nitrogen and oxygen atoms in total. The van der Waals surface area contributed by atoms with E-state index in [4.69, 9.17) is 9.90 Å². The van der Waals surface area contributed by atoms with Gasteiger partial charge in [0, 0.05) is 18.4 Å².